The Labute approximate surface area is 329 Å². The predicted molar refractivity (Wildman–Crippen MR) is 230 cm³/mol. The molecule has 4 heterocycles. The predicted octanol–water partition coefficient (Wildman–Crippen LogP) is 12.3. The number of aromatic nitrogens is 4. The first-order valence-corrected chi connectivity index (χ1v) is 19.6. The first-order valence-electron chi connectivity index (χ1n) is 19.6. The van der Waals surface area contributed by atoms with Gasteiger partial charge in [-0.25, -0.2) is 15.0 Å². The summed E-state index contributed by atoms with van der Waals surface area (Å²) in [6.07, 6.45) is 14.1. The molecule has 2 aliphatic carbocycles. The van der Waals surface area contributed by atoms with E-state index in [-0.39, 0.29) is 17.9 Å². The Morgan fingerprint density at radius 3 is 2.30 bits per heavy atom. The molecule has 0 N–H and O–H groups in total. The van der Waals surface area contributed by atoms with Crippen LogP contribution in [-0.4, -0.2) is 25.6 Å². The first kappa shape index (κ1) is 32.0. The van der Waals surface area contributed by atoms with Crippen LogP contribution in [0.5, 0.6) is 0 Å². The van der Waals surface area contributed by atoms with Gasteiger partial charge in [-0.15, -0.1) is 0 Å². The highest BCUT2D eigenvalue weighted by molar-refractivity contribution is 6.12. The molecular weight excluding hydrogens is 699 g/mol. The number of hydrogen-bond donors (Lipinski definition) is 0. The lowest BCUT2D eigenvalue weighted by atomic mass is 9.82. The molecule has 3 aromatic heterocycles. The van der Waals surface area contributed by atoms with Crippen LogP contribution in [0, 0.1) is 0 Å². The Morgan fingerprint density at radius 2 is 1.42 bits per heavy atom. The van der Waals surface area contributed by atoms with Gasteiger partial charge in [0, 0.05) is 62.2 Å². The van der Waals surface area contributed by atoms with Crippen LogP contribution in [-0.2, 0) is 0 Å². The quantitative estimate of drug-likeness (QED) is 0.176. The molecule has 0 saturated heterocycles. The Bertz CT molecular complexity index is 3140. The molecule has 3 aliphatic rings. The van der Waals surface area contributed by atoms with Gasteiger partial charge in [-0.1, -0.05) is 127 Å². The summed E-state index contributed by atoms with van der Waals surface area (Å²) in [7, 11) is 0. The topological polar surface area (TPSA) is 60.0 Å². The Hall–Kier alpha value is -7.31. The molecule has 0 fully saturated rings. The van der Waals surface area contributed by atoms with Crippen LogP contribution in [0.1, 0.15) is 40.9 Å². The van der Waals surface area contributed by atoms with E-state index in [1.54, 1.807) is 0 Å². The lowest BCUT2D eigenvalue weighted by Crippen LogP contribution is -2.30. The number of rotatable bonds is 5. The third-order valence-corrected chi connectivity index (χ3v) is 11.9. The standard InChI is InChI=1S/C51H35N5O/c1-4-15-32(16-5-1)49-52-50(33-17-6-2-7-18-33)54-51(53-49)39-23-14-26-44-46(39)38-28-27-35(31-45(38)57-44)56-41-25-13-11-22-37(41)48-43(56)30-29-42-47(48)36-21-10-12-24-40(36)55(42)34-19-8-3-9-20-34/h1-17,19-31,33,42,47H,18H2. The van der Waals surface area contributed by atoms with E-state index in [4.69, 9.17) is 19.4 Å². The van der Waals surface area contributed by atoms with Crippen LogP contribution >= 0.6 is 0 Å². The van der Waals surface area contributed by atoms with E-state index in [9.17, 15) is 0 Å². The van der Waals surface area contributed by atoms with Crippen molar-refractivity contribution in [3.05, 3.63) is 199 Å². The van der Waals surface area contributed by atoms with Crippen molar-refractivity contribution in [2.24, 2.45) is 0 Å². The van der Waals surface area contributed by atoms with Gasteiger partial charge >= 0.3 is 0 Å². The second-order valence-corrected chi connectivity index (χ2v) is 15.1. The van der Waals surface area contributed by atoms with Crippen molar-refractivity contribution in [2.45, 2.75) is 24.3 Å². The van der Waals surface area contributed by atoms with Gasteiger partial charge in [0.25, 0.3) is 0 Å². The van der Waals surface area contributed by atoms with E-state index < -0.39 is 0 Å². The molecular formula is C51H35N5O. The Kier molecular flexibility index (Phi) is 7.08. The second-order valence-electron chi connectivity index (χ2n) is 15.1. The Balaban J connectivity index is 1.02. The zero-order chi connectivity index (χ0) is 37.5. The summed E-state index contributed by atoms with van der Waals surface area (Å²) in [6, 6.07) is 51.6. The summed E-state index contributed by atoms with van der Waals surface area (Å²) in [6.45, 7) is 0. The van der Waals surface area contributed by atoms with Gasteiger partial charge in [0.15, 0.2) is 11.6 Å². The number of fused-ring (bicyclic) bond motifs is 10. The van der Waals surface area contributed by atoms with Crippen molar-refractivity contribution in [2.75, 3.05) is 4.90 Å². The molecule has 1 aliphatic heterocycles. The number of hydrogen-bond acceptors (Lipinski definition) is 5. The molecule has 3 atom stereocenters. The largest absolute Gasteiger partial charge is 0.456 e. The average molecular weight is 734 g/mol. The summed E-state index contributed by atoms with van der Waals surface area (Å²) >= 11 is 0. The fourth-order valence-corrected chi connectivity index (χ4v) is 9.44. The second kappa shape index (κ2) is 12.6. The smallest absolute Gasteiger partial charge is 0.164 e. The first-order chi connectivity index (χ1) is 28.3. The highest BCUT2D eigenvalue weighted by atomic mass is 16.3. The van der Waals surface area contributed by atoms with Crippen LogP contribution < -0.4 is 4.90 Å². The minimum Gasteiger partial charge on any atom is -0.456 e. The molecule has 3 unspecified atom stereocenters. The number of furan rings is 1. The third kappa shape index (κ3) is 4.93. The van der Waals surface area contributed by atoms with Gasteiger partial charge in [0.2, 0.25) is 0 Å². The lowest BCUT2D eigenvalue weighted by Gasteiger charge is -2.31. The molecule has 6 aromatic carbocycles. The summed E-state index contributed by atoms with van der Waals surface area (Å²) in [4.78, 5) is 17.7. The SMILES string of the molecule is C1=CCC(c2nc(-c3ccccc3)nc(-c3cccc4oc5cc(-n6c7c(c8ccccc86)C6c8ccccc8N(c8ccccc8)C6C=C7)ccc5c34)n2)C=C1. The summed E-state index contributed by atoms with van der Waals surface area (Å²) in [5, 5.41) is 3.30. The number of anilines is 2. The zero-order valence-corrected chi connectivity index (χ0v) is 30.9. The molecule has 270 valence electrons. The molecule has 0 saturated carbocycles. The third-order valence-electron chi connectivity index (χ3n) is 11.9. The van der Waals surface area contributed by atoms with Crippen LogP contribution in [0.4, 0.5) is 11.4 Å². The van der Waals surface area contributed by atoms with Gasteiger partial charge in [-0.3, -0.25) is 0 Å². The summed E-state index contributed by atoms with van der Waals surface area (Å²) in [5.41, 5.74) is 12.1. The van der Waals surface area contributed by atoms with E-state index in [1.165, 1.54) is 39.1 Å². The van der Waals surface area contributed by atoms with E-state index in [0.29, 0.717) is 11.6 Å². The molecule has 6 nitrogen and oxygen atoms in total. The molecule has 6 heteroatoms. The van der Waals surface area contributed by atoms with Gasteiger partial charge in [0.05, 0.1) is 17.3 Å². The highest BCUT2D eigenvalue weighted by Gasteiger charge is 2.43. The van der Waals surface area contributed by atoms with E-state index in [1.807, 2.05) is 30.3 Å². The zero-order valence-electron chi connectivity index (χ0n) is 30.9. The van der Waals surface area contributed by atoms with Crippen LogP contribution in [0.2, 0.25) is 0 Å². The number of benzene rings is 6. The lowest BCUT2D eigenvalue weighted by molar-refractivity contribution is 0.668. The van der Waals surface area contributed by atoms with Gasteiger partial charge in [0.1, 0.15) is 17.0 Å². The maximum Gasteiger partial charge on any atom is 0.164 e. The van der Waals surface area contributed by atoms with Crippen LogP contribution in [0.25, 0.3) is 67.4 Å². The summed E-state index contributed by atoms with van der Waals surface area (Å²) < 4.78 is 9.13. The van der Waals surface area contributed by atoms with Crippen molar-refractivity contribution >= 4 is 50.3 Å². The van der Waals surface area contributed by atoms with Crippen LogP contribution in [0.3, 0.4) is 0 Å². The van der Waals surface area contributed by atoms with Gasteiger partial charge in [-0.05, 0) is 66.1 Å². The van der Waals surface area contributed by atoms with Gasteiger partial charge in [-0.2, -0.15) is 0 Å². The van der Waals surface area contributed by atoms with Crippen molar-refractivity contribution < 1.29 is 4.42 Å². The fraction of sp³-hybridized carbons (Fsp3) is 0.0784. The van der Waals surface area contributed by atoms with E-state index in [2.05, 4.69) is 161 Å². The van der Waals surface area contributed by atoms with E-state index in [0.717, 1.165) is 51.0 Å². The summed E-state index contributed by atoms with van der Waals surface area (Å²) in [5.74, 6) is 2.33. The normalized spacial score (nSPS) is 18.0. The maximum atomic E-state index is 6.72. The van der Waals surface area contributed by atoms with Crippen molar-refractivity contribution in [3.63, 3.8) is 0 Å². The fourth-order valence-electron chi connectivity index (χ4n) is 9.44. The monoisotopic (exact) mass is 733 g/mol. The average Bonchev–Trinajstić information content (AvgIpc) is 3.94. The van der Waals surface area contributed by atoms with E-state index >= 15 is 0 Å². The van der Waals surface area contributed by atoms with Crippen molar-refractivity contribution in [3.8, 4) is 28.5 Å². The van der Waals surface area contributed by atoms with Crippen molar-refractivity contribution in [1.29, 1.82) is 0 Å². The number of nitrogens with zero attached hydrogens (tertiary/aromatic N) is 5. The Morgan fingerprint density at radius 1 is 0.614 bits per heavy atom. The molecule has 57 heavy (non-hydrogen) atoms. The van der Waals surface area contributed by atoms with Gasteiger partial charge < -0.3 is 13.9 Å². The number of para-hydroxylation sites is 3. The molecule has 0 spiro atoms. The van der Waals surface area contributed by atoms with Crippen LogP contribution in [0.15, 0.2) is 180 Å². The minimum atomic E-state index is 0.0767. The minimum absolute atomic E-state index is 0.0767. The maximum absolute atomic E-state index is 6.72. The molecule has 12 rings (SSSR count). The molecule has 9 aromatic rings. The number of allylic oxidation sites excluding steroid dienone is 4. The highest BCUT2D eigenvalue weighted by Crippen LogP contribution is 2.54. The molecule has 0 bridgehead atoms. The molecule has 0 amide bonds. The molecule has 0 radical (unpaired) electrons. The van der Waals surface area contributed by atoms with Crippen molar-refractivity contribution in [1.82, 2.24) is 19.5 Å².